The highest BCUT2D eigenvalue weighted by molar-refractivity contribution is 7.80. The van der Waals surface area contributed by atoms with E-state index in [-0.39, 0.29) is 0 Å². The molecule has 0 unspecified atom stereocenters. The molecule has 0 amide bonds. The standard InChI is InChI=1S/C19H17ClN2OS/c1-12(24)17-11-13-10-14(20)4-9-18(13)23-19(17)21-15-5-7-16(8-6-15)22(2)3/h4-11H,1-3H3/b21-19-. The Labute approximate surface area is 151 Å². The zero-order chi connectivity index (χ0) is 17.3. The largest absolute Gasteiger partial charge is 0.438 e. The first-order valence-electron chi connectivity index (χ1n) is 7.50. The van der Waals surface area contributed by atoms with E-state index in [4.69, 9.17) is 28.2 Å². The van der Waals surface area contributed by atoms with Gasteiger partial charge in [0.2, 0.25) is 5.55 Å². The molecule has 0 saturated heterocycles. The van der Waals surface area contributed by atoms with Gasteiger partial charge in [-0.3, -0.25) is 0 Å². The fourth-order valence-electron chi connectivity index (χ4n) is 2.38. The first-order valence-corrected chi connectivity index (χ1v) is 8.29. The van der Waals surface area contributed by atoms with Crippen molar-refractivity contribution in [3.05, 3.63) is 64.7 Å². The molecule has 3 rings (SSSR count). The summed E-state index contributed by atoms with van der Waals surface area (Å²) >= 11 is 11.4. The second-order valence-corrected chi connectivity index (χ2v) is 6.77. The number of thiocarbonyl (C=S) groups is 1. The quantitative estimate of drug-likeness (QED) is 0.481. The van der Waals surface area contributed by atoms with Crippen molar-refractivity contribution in [1.82, 2.24) is 0 Å². The van der Waals surface area contributed by atoms with Gasteiger partial charge < -0.3 is 9.32 Å². The van der Waals surface area contributed by atoms with Crippen LogP contribution in [0.1, 0.15) is 12.5 Å². The van der Waals surface area contributed by atoms with Gasteiger partial charge in [0, 0.05) is 35.1 Å². The van der Waals surface area contributed by atoms with Crippen LogP contribution >= 0.6 is 23.8 Å². The number of hydrogen-bond acceptors (Lipinski definition) is 4. The maximum Gasteiger partial charge on any atom is 0.228 e. The summed E-state index contributed by atoms with van der Waals surface area (Å²) in [5, 5.41) is 1.57. The molecule has 5 heteroatoms. The maximum absolute atomic E-state index is 6.06. The minimum atomic E-state index is 0.509. The van der Waals surface area contributed by atoms with E-state index in [0.29, 0.717) is 10.6 Å². The molecule has 0 spiro atoms. The van der Waals surface area contributed by atoms with Crippen LogP contribution in [0.5, 0.6) is 0 Å². The monoisotopic (exact) mass is 356 g/mol. The third kappa shape index (κ3) is 3.50. The van der Waals surface area contributed by atoms with Crippen molar-refractivity contribution in [2.75, 3.05) is 19.0 Å². The number of hydrogen-bond donors (Lipinski definition) is 0. The first kappa shape index (κ1) is 16.7. The van der Waals surface area contributed by atoms with Gasteiger partial charge in [-0.25, -0.2) is 4.99 Å². The molecule has 0 fully saturated rings. The lowest BCUT2D eigenvalue weighted by Gasteiger charge is -2.11. The maximum atomic E-state index is 6.06. The van der Waals surface area contributed by atoms with Crippen molar-refractivity contribution < 1.29 is 4.42 Å². The van der Waals surface area contributed by atoms with Crippen LogP contribution in [0.25, 0.3) is 11.0 Å². The van der Waals surface area contributed by atoms with Crippen molar-refractivity contribution in [2.24, 2.45) is 4.99 Å². The summed E-state index contributed by atoms with van der Waals surface area (Å²) in [5.74, 6) is 0. The number of nitrogens with zero attached hydrogens (tertiary/aromatic N) is 2. The molecule has 0 N–H and O–H groups in total. The van der Waals surface area contributed by atoms with Crippen LogP contribution < -0.4 is 10.5 Å². The normalized spacial score (nSPS) is 11.8. The van der Waals surface area contributed by atoms with Crippen molar-refractivity contribution in [1.29, 1.82) is 0 Å². The Morgan fingerprint density at radius 2 is 1.79 bits per heavy atom. The van der Waals surface area contributed by atoms with Gasteiger partial charge in [0.25, 0.3) is 0 Å². The molecule has 0 aliphatic heterocycles. The number of anilines is 1. The van der Waals surface area contributed by atoms with E-state index in [1.807, 2.05) is 68.4 Å². The molecule has 0 bridgehead atoms. The molecular weight excluding hydrogens is 340 g/mol. The molecule has 0 aliphatic carbocycles. The Morgan fingerprint density at radius 1 is 1.08 bits per heavy atom. The molecule has 3 nitrogen and oxygen atoms in total. The van der Waals surface area contributed by atoms with E-state index in [2.05, 4.69) is 4.99 Å². The van der Waals surface area contributed by atoms with Crippen LogP contribution in [0.15, 0.2) is 57.9 Å². The van der Waals surface area contributed by atoms with Crippen LogP contribution in [0.3, 0.4) is 0 Å². The lowest BCUT2D eigenvalue weighted by atomic mass is 10.1. The molecule has 0 saturated carbocycles. The van der Waals surface area contributed by atoms with E-state index in [0.717, 1.165) is 32.8 Å². The highest BCUT2D eigenvalue weighted by atomic mass is 35.5. The van der Waals surface area contributed by atoms with Gasteiger partial charge in [-0.05, 0) is 55.5 Å². The number of benzene rings is 2. The van der Waals surface area contributed by atoms with Gasteiger partial charge in [-0.2, -0.15) is 0 Å². The van der Waals surface area contributed by atoms with Crippen LogP contribution in [0.4, 0.5) is 11.4 Å². The second kappa shape index (κ2) is 6.75. The van der Waals surface area contributed by atoms with Crippen LogP contribution in [-0.4, -0.2) is 19.0 Å². The molecule has 0 radical (unpaired) electrons. The minimum absolute atomic E-state index is 0.509. The van der Waals surface area contributed by atoms with Gasteiger partial charge >= 0.3 is 0 Å². The van der Waals surface area contributed by atoms with E-state index >= 15 is 0 Å². The fourth-order valence-corrected chi connectivity index (χ4v) is 2.71. The summed E-state index contributed by atoms with van der Waals surface area (Å²) in [7, 11) is 4.01. The van der Waals surface area contributed by atoms with Crippen LogP contribution in [-0.2, 0) is 0 Å². The van der Waals surface area contributed by atoms with Crippen LogP contribution in [0.2, 0.25) is 5.02 Å². The Bertz CT molecular complexity index is 975. The molecule has 1 aromatic heterocycles. The topological polar surface area (TPSA) is 28.7 Å². The molecule has 0 aliphatic rings. The van der Waals surface area contributed by atoms with Crippen molar-refractivity contribution >= 4 is 51.0 Å². The van der Waals surface area contributed by atoms with Crippen molar-refractivity contribution in [2.45, 2.75) is 6.92 Å². The zero-order valence-corrected chi connectivity index (χ0v) is 15.3. The van der Waals surface area contributed by atoms with Gasteiger partial charge in [0.05, 0.1) is 11.3 Å². The summed E-state index contributed by atoms with van der Waals surface area (Å²) in [6.45, 7) is 1.87. The Kier molecular flexibility index (Phi) is 4.69. The predicted octanol–water partition coefficient (Wildman–Crippen LogP) is 5.12. The lowest BCUT2D eigenvalue weighted by molar-refractivity contribution is 0.543. The highest BCUT2D eigenvalue weighted by Gasteiger charge is 2.07. The second-order valence-electron chi connectivity index (χ2n) is 5.73. The fraction of sp³-hybridized carbons (Fsp3) is 0.158. The Morgan fingerprint density at radius 3 is 2.42 bits per heavy atom. The Hall–Kier alpha value is -2.17. The average Bonchev–Trinajstić information content (AvgIpc) is 2.54. The summed E-state index contributed by atoms with van der Waals surface area (Å²) in [5.41, 5.74) is 3.97. The summed E-state index contributed by atoms with van der Waals surface area (Å²) < 4.78 is 5.97. The number of fused-ring (bicyclic) bond motifs is 1. The third-order valence-electron chi connectivity index (χ3n) is 3.68. The van der Waals surface area contributed by atoms with Crippen molar-refractivity contribution in [3.63, 3.8) is 0 Å². The molecule has 2 aromatic carbocycles. The van der Waals surface area contributed by atoms with E-state index in [1.165, 1.54) is 0 Å². The smallest absolute Gasteiger partial charge is 0.228 e. The number of rotatable bonds is 3. The molecule has 3 aromatic rings. The molecular formula is C19H17ClN2OS. The molecule has 0 atom stereocenters. The Balaban J connectivity index is 2.17. The zero-order valence-electron chi connectivity index (χ0n) is 13.7. The first-order chi connectivity index (χ1) is 11.4. The van der Waals surface area contributed by atoms with E-state index in [1.54, 1.807) is 6.07 Å². The molecule has 122 valence electrons. The average molecular weight is 357 g/mol. The van der Waals surface area contributed by atoms with E-state index in [9.17, 15) is 0 Å². The summed E-state index contributed by atoms with van der Waals surface area (Å²) in [4.78, 5) is 7.40. The van der Waals surface area contributed by atoms with Gasteiger partial charge in [-0.15, -0.1) is 0 Å². The summed E-state index contributed by atoms with van der Waals surface area (Å²) in [6, 6.07) is 15.4. The van der Waals surface area contributed by atoms with Gasteiger partial charge in [0.15, 0.2) is 0 Å². The predicted molar refractivity (Wildman–Crippen MR) is 105 cm³/mol. The molecule has 24 heavy (non-hydrogen) atoms. The van der Waals surface area contributed by atoms with E-state index < -0.39 is 0 Å². The van der Waals surface area contributed by atoms with Crippen LogP contribution in [0, 0.1) is 0 Å². The number of halogens is 1. The highest BCUT2D eigenvalue weighted by Crippen LogP contribution is 2.21. The SMILES string of the molecule is CC(=S)c1cc2cc(Cl)ccc2o/c1=N\c1ccc(N(C)C)cc1. The molecule has 1 heterocycles. The van der Waals surface area contributed by atoms with Gasteiger partial charge in [-0.1, -0.05) is 23.8 Å². The lowest BCUT2D eigenvalue weighted by Crippen LogP contribution is -2.12. The van der Waals surface area contributed by atoms with Crippen molar-refractivity contribution in [3.8, 4) is 0 Å². The van der Waals surface area contributed by atoms with Gasteiger partial charge in [0.1, 0.15) is 5.58 Å². The summed E-state index contributed by atoms with van der Waals surface area (Å²) in [6.07, 6.45) is 0. The third-order valence-corrected chi connectivity index (χ3v) is 4.14. The minimum Gasteiger partial charge on any atom is -0.438 e.